The van der Waals surface area contributed by atoms with Crippen LogP contribution < -0.4 is 10.6 Å². The number of thiophene rings is 1. The molecular formula is C22H29N3O3S. The Morgan fingerprint density at radius 3 is 2.48 bits per heavy atom. The van der Waals surface area contributed by atoms with Gasteiger partial charge in [0.15, 0.2) is 0 Å². The van der Waals surface area contributed by atoms with Crippen molar-refractivity contribution in [2.45, 2.75) is 58.6 Å². The highest BCUT2D eigenvalue weighted by atomic mass is 32.1. The van der Waals surface area contributed by atoms with Crippen molar-refractivity contribution in [1.82, 2.24) is 15.6 Å². The third kappa shape index (κ3) is 5.56. The van der Waals surface area contributed by atoms with Crippen LogP contribution in [0.25, 0.3) is 11.3 Å². The van der Waals surface area contributed by atoms with Crippen molar-refractivity contribution < 1.29 is 14.3 Å². The first-order valence-corrected chi connectivity index (χ1v) is 10.8. The molecule has 6 nitrogen and oxygen atoms in total. The van der Waals surface area contributed by atoms with E-state index in [2.05, 4.69) is 15.6 Å². The standard InChI is InChI=1S/C22H29N3O3S/c1-14-17(8-9-18(24-14)15-10-11-29-12-15)19(26)25-22(5,16-6-7-16)13-23-20(27)28-21(2,3)4/h8-12,16H,6-7,13H2,1-5H3,(H,23,27)(H,25,26). The molecule has 2 aromatic heterocycles. The van der Waals surface area contributed by atoms with Crippen LogP contribution in [-0.2, 0) is 4.74 Å². The van der Waals surface area contributed by atoms with E-state index in [1.165, 1.54) is 0 Å². The Balaban J connectivity index is 1.69. The van der Waals surface area contributed by atoms with Crippen molar-refractivity contribution in [2.75, 3.05) is 6.54 Å². The van der Waals surface area contributed by atoms with E-state index in [-0.39, 0.29) is 5.91 Å². The second kappa shape index (κ2) is 8.14. The molecule has 0 spiro atoms. The maximum Gasteiger partial charge on any atom is 0.407 e. The highest BCUT2D eigenvalue weighted by Crippen LogP contribution is 2.39. The number of aromatic nitrogens is 1. The second-order valence-electron chi connectivity index (χ2n) is 8.84. The summed E-state index contributed by atoms with van der Waals surface area (Å²) in [5.74, 6) is 0.159. The first kappa shape index (κ1) is 21.3. The van der Waals surface area contributed by atoms with Gasteiger partial charge >= 0.3 is 6.09 Å². The molecule has 1 aliphatic rings. The van der Waals surface area contributed by atoms with Crippen molar-refractivity contribution in [3.05, 3.63) is 40.2 Å². The fourth-order valence-corrected chi connectivity index (χ4v) is 3.93. The number of alkyl carbamates (subject to hydrolysis) is 1. The molecule has 2 amide bonds. The first-order valence-electron chi connectivity index (χ1n) is 9.87. The van der Waals surface area contributed by atoms with Crippen molar-refractivity contribution in [2.24, 2.45) is 5.92 Å². The van der Waals surface area contributed by atoms with Gasteiger partial charge in [0.05, 0.1) is 22.5 Å². The van der Waals surface area contributed by atoms with Gasteiger partial charge in [-0.2, -0.15) is 11.3 Å². The Kier molecular flexibility index (Phi) is 5.98. The van der Waals surface area contributed by atoms with Crippen molar-refractivity contribution in [3.8, 4) is 11.3 Å². The maximum absolute atomic E-state index is 13.0. The van der Waals surface area contributed by atoms with Crippen LogP contribution in [0.5, 0.6) is 0 Å². The Morgan fingerprint density at radius 2 is 1.93 bits per heavy atom. The Hall–Kier alpha value is -2.41. The summed E-state index contributed by atoms with van der Waals surface area (Å²) in [6.45, 7) is 9.61. The summed E-state index contributed by atoms with van der Waals surface area (Å²) in [6.07, 6.45) is 1.58. The summed E-state index contributed by atoms with van der Waals surface area (Å²) in [5.41, 5.74) is 2.05. The summed E-state index contributed by atoms with van der Waals surface area (Å²) in [6, 6.07) is 5.70. The number of rotatable bonds is 6. The number of nitrogens with one attached hydrogen (secondary N) is 2. The lowest BCUT2D eigenvalue weighted by Gasteiger charge is -2.32. The van der Waals surface area contributed by atoms with Crippen molar-refractivity contribution >= 4 is 23.3 Å². The molecule has 0 aromatic carbocycles. The fourth-order valence-electron chi connectivity index (χ4n) is 3.28. The number of carbonyl (C=O) groups excluding carboxylic acids is 2. The third-order valence-corrected chi connectivity index (χ3v) is 5.71. The number of nitrogens with zero attached hydrogens (tertiary/aromatic N) is 1. The molecule has 0 bridgehead atoms. The van der Waals surface area contributed by atoms with E-state index in [1.54, 1.807) is 11.3 Å². The number of hydrogen-bond acceptors (Lipinski definition) is 5. The number of carbonyl (C=O) groups is 2. The van der Waals surface area contributed by atoms with Gasteiger partial charge in [0.25, 0.3) is 5.91 Å². The first-order chi connectivity index (χ1) is 13.6. The van der Waals surface area contributed by atoms with Crippen LogP contribution in [-0.4, -0.2) is 34.7 Å². The molecule has 0 aliphatic heterocycles. The highest BCUT2D eigenvalue weighted by Gasteiger charge is 2.43. The number of pyridine rings is 1. The molecule has 0 saturated heterocycles. The average Bonchev–Trinajstić information content (AvgIpc) is 3.34. The summed E-state index contributed by atoms with van der Waals surface area (Å²) in [4.78, 5) is 29.6. The van der Waals surface area contributed by atoms with Crippen LogP contribution >= 0.6 is 11.3 Å². The molecule has 1 atom stereocenters. The molecule has 29 heavy (non-hydrogen) atoms. The lowest BCUT2D eigenvalue weighted by Crippen LogP contribution is -2.55. The van der Waals surface area contributed by atoms with Crippen LogP contribution in [0.4, 0.5) is 4.79 Å². The summed E-state index contributed by atoms with van der Waals surface area (Å²) in [5, 5.41) is 9.99. The topological polar surface area (TPSA) is 80.3 Å². The van der Waals surface area contributed by atoms with Crippen LogP contribution in [0.3, 0.4) is 0 Å². The predicted molar refractivity (Wildman–Crippen MR) is 115 cm³/mol. The third-order valence-electron chi connectivity index (χ3n) is 5.02. The van der Waals surface area contributed by atoms with Crippen molar-refractivity contribution in [1.29, 1.82) is 0 Å². The van der Waals surface area contributed by atoms with Crippen LogP contribution in [0, 0.1) is 12.8 Å². The SMILES string of the molecule is Cc1nc(-c2ccsc2)ccc1C(=O)NC(C)(CNC(=O)OC(C)(C)C)C1CC1. The molecule has 2 N–H and O–H groups in total. The largest absolute Gasteiger partial charge is 0.444 e. The van der Waals surface area contributed by atoms with Gasteiger partial charge in [-0.25, -0.2) is 4.79 Å². The molecule has 3 rings (SSSR count). The molecule has 7 heteroatoms. The quantitative estimate of drug-likeness (QED) is 0.726. The monoisotopic (exact) mass is 415 g/mol. The van der Waals surface area contributed by atoms with Gasteiger partial charge in [-0.3, -0.25) is 9.78 Å². The lowest BCUT2D eigenvalue weighted by atomic mass is 9.94. The van der Waals surface area contributed by atoms with E-state index in [0.717, 1.165) is 24.1 Å². The van der Waals surface area contributed by atoms with Crippen LogP contribution in [0.1, 0.15) is 56.6 Å². The van der Waals surface area contributed by atoms with Gasteiger partial charge in [0.1, 0.15) is 5.60 Å². The molecule has 1 fully saturated rings. The second-order valence-corrected chi connectivity index (χ2v) is 9.62. The van der Waals surface area contributed by atoms with E-state index in [9.17, 15) is 9.59 Å². The van der Waals surface area contributed by atoms with Gasteiger partial charge in [-0.1, -0.05) is 0 Å². The Labute approximate surface area is 176 Å². The molecule has 1 unspecified atom stereocenters. The fraction of sp³-hybridized carbons (Fsp3) is 0.500. The van der Waals surface area contributed by atoms with E-state index >= 15 is 0 Å². The zero-order chi connectivity index (χ0) is 21.2. The Morgan fingerprint density at radius 1 is 1.21 bits per heavy atom. The number of hydrogen-bond donors (Lipinski definition) is 2. The minimum atomic E-state index is -0.559. The Bertz CT molecular complexity index is 885. The van der Waals surface area contributed by atoms with Gasteiger partial charge in [-0.05, 0) is 77.0 Å². The van der Waals surface area contributed by atoms with E-state index in [1.807, 2.05) is 63.6 Å². The van der Waals surface area contributed by atoms with Crippen LogP contribution in [0.15, 0.2) is 29.0 Å². The van der Waals surface area contributed by atoms with Crippen molar-refractivity contribution in [3.63, 3.8) is 0 Å². The average molecular weight is 416 g/mol. The van der Waals surface area contributed by atoms with E-state index < -0.39 is 17.2 Å². The number of aryl methyl sites for hydroxylation is 1. The van der Waals surface area contributed by atoms with Gasteiger partial charge in [0.2, 0.25) is 0 Å². The van der Waals surface area contributed by atoms with Gasteiger partial charge in [-0.15, -0.1) is 0 Å². The maximum atomic E-state index is 13.0. The molecule has 2 heterocycles. The molecule has 156 valence electrons. The summed E-state index contributed by atoms with van der Waals surface area (Å²) < 4.78 is 5.32. The molecular weight excluding hydrogens is 386 g/mol. The molecule has 0 radical (unpaired) electrons. The zero-order valence-electron chi connectivity index (χ0n) is 17.7. The smallest absolute Gasteiger partial charge is 0.407 e. The van der Waals surface area contributed by atoms with E-state index in [0.29, 0.717) is 23.7 Å². The minimum absolute atomic E-state index is 0.174. The number of amides is 2. The zero-order valence-corrected chi connectivity index (χ0v) is 18.5. The molecule has 2 aromatic rings. The van der Waals surface area contributed by atoms with Crippen LogP contribution in [0.2, 0.25) is 0 Å². The van der Waals surface area contributed by atoms with E-state index in [4.69, 9.17) is 4.74 Å². The lowest BCUT2D eigenvalue weighted by molar-refractivity contribution is 0.0502. The van der Waals surface area contributed by atoms with Gasteiger partial charge < -0.3 is 15.4 Å². The predicted octanol–water partition coefficient (Wildman–Crippen LogP) is 4.54. The minimum Gasteiger partial charge on any atom is -0.444 e. The summed E-state index contributed by atoms with van der Waals surface area (Å²) in [7, 11) is 0. The number of ether oxygens (including phenoxy) is 1. The molecule has 1 saturated carbocycles. The highest BCUT2D eigenvalue weighted by molar-refractivity contribution is 7.08. The normalized spacial score (nSPS) is 16.0. The van der Waals surface area contributed by atoms with Gasteiger partial charge in [0, 0.05) is 17.5 Å². The molecule has 1 aliphatic carbocycles. The summed E-state index contributed by atoms with van der Waals surface area (Å²) >= 11 is 1.62.